The van der Waals surface area contributed by atoms with E-state index in [1.54, 1.807) is 13.8 Å². The molecule has 0 aliphatic carbocycles. The van der Waals surface area contributed by atoms with Crippen LogP contribution in [-0.4, -0.2) is 11.6 Å². The molecule has 1 rings (SSSR count). The van der Waals surface area contributed by atoms with E-state index in [0.717, 1.165) is 5.56 Å². The molecule has 0 radical (unpaired) electrons. The summed E-state index contributed by atoms with van der Waals surface area (Å²) in [6, 6.07) is 9.23. The number of ketones is 2. The first-order valence-electron chi connectivity index (χ1n) is 5.23. The topological polar surface area (TPSA) is 34.1 Å². The Morgan fingerprint density at radius 1 is 1.12 bits per heavy atom. The highest BCUT2D eigenvalue weighted by Gasteiger charge is 1.94. The molecule has 0 unspecified atom stereocenters. The third-order valence-corrected chi connectivity index (χ3v) is 1.98. The zero-order chi connectivity index (χ0) is 12.6. The molecular formula is C14H18O2. The third-order valence-electron chi connectivity index (χ3n) is 1.98. The van der Waals surface area contributed by atoms with E-state index in [2.05, 4.69) is 6.58 Å². The van der Waals surface area contributed by atoms with Crippen molar-refractivity contribution in [2.24, 2.45) is 0 Å². The minimum Gasteiger partial charge on any atom is -0.295 e. The lowest BCUT2D eigenvalue weighted by Crippen LogP contribution is -1.93. The Hall–Kier alpha value is -1.70. The summed E-state index contributed by atoms with van der Waals surface area (Å²) in [7, 11) is 0. The van der Waals surface area contributed by atoms with Crippen molar-refractivity contribution in [1.82, 2.24) is 0 Å². The zero-order valence-corrected chi connectivity index (χ0v) is 10.1. The maximum absolute atomic E-state index is 10.6. The number of carbonyl (C=O) groups is 2. The van der Waals surface area contributed by atoms with Crippen LogP contribution in [0.25, 0.3) is 0 Å². The first-order valence-corrected chi connectivity index (χ1v) is 5.23. The van der Waals surface area contributed by atoms with E-state index in [4.69, 9.17) is 0 Å². The number of hydrogen-bond acceptors (Lipinski definition) is 2. The van der Waals surface area contributed by atoms with Crippen LogP contribution in [0.5, 0.6) is 0 Å². The molecular weight excluding hydrogens is 200 g/mol. The summed E-state index contributed by atoms with van der Waals surface area (Å²) in [5.74, 6) is 0.274. The lowest BCUT2D eigenvalue weighted by Gasteiger charge is -1.89. The van der Waals surface area contributed by atoms with Crippen LogP contribution in [0, 0.1) is 0 Å². The van der Waals surface area contributed by atoms with E-state index >= 15 is 0 Å². The maximum Gasteiger partial charge on any atom is 0.159 e. The van der Waals surface area contributed by atoms with Crippen LogP contribution in [0.3, 0.4) is 0 Å². The summed E-state index contributed by atoms with van der Waals surface area (Å²) in [6.45, 7) is 8.60. The Morgan fingerprint density at radius 3 is 1.81 bits per heavy atom. The van der Waals surface area contributed by atoms with E-state index in [1.165, 1.54) is 0 Å². The smallest absolute Gasteiger partial charge is 0.159 e. The fraction of sp³-hybridized carbons (Fsp3) is 0.286. The van der Waals surface area contributed by atoms with Crippen molar-refractivity contribution in [3.63, 3.8) is 0 Å². The highest BCUT2D eigenvalue weighted by Crippen LogP contribution is 1.97. The molecule has 0 aliphatic heterocycles. The van der Waals surface area contributed by atoms with E-state index in [9.17, 15) is 9.59 Å². The Morgan fingerprint density at radius 2 is 1.62 bits per heavy atom. The van der Waals surface area contributed by atoms with Gasteiger partial charge in [0.25, 0.3) is 0 Å². The Kier molecular flexibility index (Phi) is 6.77. The monoisotopic (exact) mass is 218 g/mol. The summed E-state index contributed by atoms with van der Waals surface area (Å²) >= 11 is 0. The number of rotatable bonds is 3. The van der Waals surface area contributed by atoms with Gasteiger partial charge in [0.05, 0.1) is 0 Å². The van der Waals surface area contributed by atoms with E-state index in [1.807, 2.05) is 37.3 Å². The van der Waals surface area contributed by atoms with Gasteiger partial charge in [0.2, 0.25) is 0 Å². The minimum atomic E-state index is 0.121. The van der Waals surface area contributed by atoms with Crippen LogP contribution in [0.15, 0.2) is 42.5 Å². The second kappa shape index (κ2) is 7.57. The standard InChI is InChI=1S/C8H8O.C6H10O/c1-7(9)8-5-3-2-4-6-8;1-4-6(7)5(2)3/h2-6H,1H3;2,4H2,1,3H3. The maximum atomic E-state index is 10.6. The molecule has 1 aromatic rings. The van der Waals surface area contributed by atoms with Crippen molar-refractivity contribution >= 4 is 11.6 Å². The second-order valence-corrected chi connectivity index (χ2v) is 3.48. The Labute approximate surface area is 97.0 Å². The van der Waals surface area contributed by atoms with Crippen molar-refractivity contribution < 1.29 is 9.59 Å². The third kappa shape index (κ3) is 5.91. The molecule has 0 saturated heterocycles. The average molecular weight is 218 g/mol. The molecule has 16 heavy (non-hydrogen) atoms. The van der Waals surface area contributed by atoms with Gasteiger partial charge >= 0.3 is 0 Å². The minimum absolute atomic E-state index is 0.121. The molecule has 2 nitrogen and oxygen atoms in total. The van der Waals surface area contributed by atoms with E-state index in [-0.39, 0.29) is 11.6 Å². The number of carbonyl (C=O) groups excluding carboxylic acids is 2. The van der Waals surface area contributed by atoms with Gasteiger partial charge < -0.3 is 0 Å². The van der Waals surface area contributed by atoms with E-state index in [0.29, 0.717) is 12.0 Å². The number of Topliss-reactive ketones (excluding diaryl/α,β-unsaturated/α-hetero) is 2. The fourth-order valence-electron chi connectivity index (χ4n) is 0.975. The first-order chi connectivity index (χ1) is 7.49. The SMILES string of the molecule is C=C(C)C(=O)CC.CC(=O)c1ccccc1. The van der Waals surface area contributed by atoms with Crippen molar-refractivity contribution in [3.05, 3.63) is 48.0 Å². The molecule has 1 aromatic carbocycles. The van der Waals surface area contributed by atoms with Crippen LogP contribution in [0.1, 0.15) is 37.6 Å². The van der Waals surface area contributed by atoms with E-state index < -0.39 is 0 Å². The highest BCUT2D eigenvalue weighted by atomic mass is 16.1. The Balaban J connectivity index is 0.000000293. The van der Waals surface area contributed by atoms with Crippen molar-refractivity contribution in [2.45, 2.75) is 27.2 Å². The lowest BCUT2D eigenvalue weighted by atomic mass is 10.2. The summed E-state index contributed by atoms with van der Waals surface area (Å²) < 4.78 is 0. The van der Waals surface area contributed by atoms with Crippen molar-refractivity contribution in [2.75, 3.05) is 0 Å². The van der Waals surface area contributed by atoms with Gasteiger partial charge in [-0.25, -0.2) is 0 Å². The summed E-state index contributed by atoms with van der Waals surface area (Å²) in [5.41, 5.74) is 1.43. The van der Waals surface area contributed by atoms with Gasteiger partial charge in [0.15, 0.2) is 11.6 Å². The molecule has 0 spiro atoms. The van der Waals surface area contributed by atoms with Gasteiger partial charge in [-0.2, -0.15) is 0 Å². The normalized spacial score (nSPS) is 8.69. The van der Waals surface area contributed by atoms with Crippen LogP contribution in [0.4, 0.5) is 0 Å². The molecule has 0 fully saturated rings. The molecule has 0 N–H and O–H groups in total. The largest absolute Gasteiger partial charge is 0.295 e. The fourth-order valence-corrected chi connectivity index (χ4v) is 0.975. The van der Waals surface area contributed by atoms with Crippen LogP contribution < -0.4 is 0 Å². The van der Waals surface area contributed by atoms with Gasteiger partial charge in [-0.15, -0.1) is 0 Å². The van der Waals surface area contributed by atoms with Gasteiger partial charge in [-0.1, -0.05) is 43.8 Å². The van der Waals surface area contributed by atoms with Gasteiger partial charge in [0.1, 0.15) is 0 Å². The second-order valence-electron chi connectivity index (χ2n) is 3.48. The molecule has 2 heteroatoms. The number of benzene rings is 1. The number of hydrogen-bond donors (Lipinski definition) is 0. The molecule has 0 heterocycles. The summed E-state index contributed by atoms with van der Waals surface area (Å²) in [6.07, 6.45) is 0.579. The van der Waals surface area contributed by atoms with Gasteiger partial charge in [0, 0.05) is 12.0 Å². The van der Waals surface area contributed by atoms with Crippen molar-refractivity contribution in [3.8, 4) is 0 Å². The zero-order valence-electron chi connectivity index (χ0n) is 10.1. The molecule has 0 saturated carbocycles. The van der Waals surface area contributed by atoms with Crippen LogP contribution in [-0.2, 0) is 4.79 Å². The van der Waals surface area contributed by atoms with Crippen molar-refractivity contribution in [1.29, 1.82) is 0 Å². The van der Waals surface area contributed by atoms with Crippen LogP contribution >= 0.6 is 0 Å². The first kappa shape index (κ1) is 14.3. The predicted octanol–water partition coefficient (Wildman–Crippen LogP) is 3.43. The van der Waals surface area contributed by atoms with Gasteiger partial charge in [-0.05, 0) is 19.4 Å². The molecule has 86 valence electrons. The molecule has 0 amide bonds. The lowest BCUT2D eigenvalue weighted by molar-refractivity contribution is -0.115. The quantitative estimate of drug-likeness (QED) is 0.575. The van der Waals surface area contributed by atoms with Crippen LogP contribution in [0.2, 0.25) is 0 Å². The Bertz CT molecular complexity index is 364. The molecule has 0 atom stereocenters. The number of allylic oxidation sites excluding steroid dienone is 1. The average Bonchev–Trinajstić information content (AvgIpc) is 2.29. The summed E-state index contributed by atoms with van der Waals surface area (Å²) in [5, 5.41) is 0. The summed E-state index contributed by atoms with van der Waals surface area (Å²) in [4.78, 5) is 21.1. The molecule has 0 aliphatic rings. The predicted molar refractivity (Wildman–Crippen MR) is 66.6 cm³/mol. The molecule has 0 bridgehead atoms. The molecule has 0 aromatic heterocycles. The van der Waals surface area contributed by atoms with Gasteiger partial charge in [-0.3, -0.25) is 9.59 Å². The highest BCUT2D eigenvalue weighted by molar-refractivity contribution is 5.94.